The molecular formula is C20H22FNO4. The molecule has 0 radical (unpaired) electrons. The Morgan fingerprint density at radius 1 is 1.27 bits per heavy atom. The number of carbonyl (C=O) groups is 1. The van der Waals surface area contributed by atoms with Crippen LogP contribution in [0, 0.1) is 5.82 Å². The number of amides is 1. The molecule has 5 nitrogen and oxygen atoms in total. The van der Waals surface area contributed by atoms with Crippen molar-refractivity contribution in [3.63, 3.8) is 0 Å². The van der Waals surface area contributed by atoms with Gasteiger partial charge >= 0.3 is 0 Å². The van der Waals surface area contributed by atoms with Crippen molar-refractivity contribution in [2.24, 2.45) is 0 Å². The summed E-state index contributed by atoms with van der Waals surface area (Å²) in [6.45, 7) is 1.06. The molecule has 1 atom stereocenters. The molecule has 3 rings (SSSR count). The summed E-state index contributed by atoms with van der Waals surface area (Å²) in [7, 11) is 1.60. The minimum atomic E-state index is -1.15. The van der Waals surface area contributed by atoms with Crippen molar-refractivity contribution in [2.45, 2.75) is 18.6 Å². The molecule has 138 valence electrons. The Bertz CT molecular complexity index is 782. The summed E-state index contributed by atoms with van der Waals surface area (Å²) in [5, 5.41) is 10.7. The fraction of sp³-hybridized carbons (Fsp3) is 0.350. The van der Waals surface area contributed by atoms with Gasteiger partial charge in [0.25, 0.3) is 5.91 Å². The number of carbonyl (C=O) groups excluding carboxylic acids is 1. The molecule has 0 aliphatic carbocycles. The predicted octanol–water partition coefficient (Wildman–Crippen LogP) is 2.63. The van der Waals surface area contributed by atoms with Gasteiger partial charge in [-0.2, -0.15) is 0 Å². The van der Waals surface area contributed by atoms with Gasteiger partial charge in [0.15, 0.2) is 0 Å². The highest BCUT2D eigenvalue weighted by atomic mass is 19.1. The normalized spacial score (nSPS) is 19.6. The maximum Gasteiger partial charge on any atom is 0.253 e. The number of benzene rings is 2. The first-order valence-electron chi connectivity index (χ1n) is 8.47. The van der Waals surface area contributed by atoms with E-state index in [1.54, 1.807) is 36.3 Å². The van der Waals surface area contributed by atoms with Crippen LogP contribution in [0.15, 0.2) is 48.5 Å². The lowest BCUT2D eigenvalue weighted by Crippen LogP contribution is -2.40. The number of hydrogen-bond donors (Lipinski definition) is 1. The van der Waals surface area contributed by atoms with Crippen molar-refractivity contribution in [1.82, 2.24) is 4.90 Å². The summed E-state index contributed by atoms with van der Waals surface area (Å²) in [6.07, 6.45) is 0.409. The fourth-order valence-electron chi connectivity index (χ4n) is 3.07. The van der Waals surface area contributed by atoms with E-state index in [4.69, 9.17) is 9.47 Å². The first kappa shape index (κ1) is 18.4. The molecule has 0 bridgehead atoms. The highest BCUT2D eigenvalue weighted by Gasteiger charge is 2.39. The van der Waals surface area contributed by atoms with Crippen LogP contribution in [0.3, 0.4) is 0 Å². The van der Waals surface area contributed by atoms with Crippen molar-refractivity contribution in [1.29, 1.82) is 0 Å². The Hall–Kier alpha value is -2.44. The molecule has 6 heteroatoms. The number of rotatable bonds is 6. The molecule has 2 aromatic carbocycles. The van der Waals surface area contributed by atoms with Crippen LogP contribution in [0.1, 0.15) is 22.3 Å². The molecule has 1 heterocycles. The van der Waals surface area contributed by atoms with Gasteiger partial charge in [-0.15, -0.1) is 0 Å². The quantitative estimate of drug-likeness (QED) is 0.861. The zero-order chi connectivity index (χ0) is 18.6. The van der Waals surface area contributed by atoms with Gasteiger partial charge < -0.3 is 19.5 Å². The zero-order valence-electron chi connectivity index (χ0n) is 14.7. The highest BCUT2D eigenvalue weighted by Crippen LogP contribution is 2.25. The third kappa shape index (κ3) is 4.39. The van der Waals surface area contributed by atoms with Gasteiger partial charge in [0.1, 0.15) is 23.8 Å². The maximum atomic E-state index is 13.2. The fourth-order valence-corrected chi connectivity index (χ4v) is 3.07. The number of β-amino-alcohol motifs (C(OH)–C–C–N with tert-alkyl or cyclic N) is 1. The van der Waals surface area contributed by atoms with Crippen molar-refractivity contribution in [3.05, 3.63) is 65.5 Å². The molecular weight excluding hydrogens is 337 g/mol. The summed E-state index contributed by atoms with van der Waals surface area (Å²) < 4.78 is 23.8. The Morgan fingerprint density at radius 3 is 2.85 bits per heavy atom. The van der Waals surface area contributed by atoms with Crippen LogP contribution in [-0.2, 0) is 11.3 Å². The predicted molar refractivity (Wildman–Crippen MR) is 94.5 cm³/mol. The lowest BCUT2D eigenvalue weighted by molar-refractivity contribution is 0.00422. The Labute approximate surface area is 152 Å². The Morgan fingerprint density at radius 2 is 2.08 bits per heavy atom. The molecule has 1 amide bonds. The van der Waals surface area contributed by atoms with Crippen LogP contribution >= 0.6 is 0 Å². The molecule has 1 aliphatic rings. The third-order valence-electron chi connectivity index (χ3n) is 4.41. The van der Waals surface area contributed by atoms with Crippen LogP contribution in [0.5, 0.6) is 5.75 Å². The van der Waals surface area contributed by atoms with Crippen LogP contribution in [-0.4, -0.2) is 48.3 Å². The minimum absolute atomic E-state index is 0.00392. The minimum Gasteiger partial charge on any atom is -0.490 e. The van der Waals surface area contributed by atoms with Gasteiger partial charge in [-0.1, -0.05) is 18.2 Å². The van der Waals surface area contributed by atoms with Crippen LogP contribution in [0.2, 0.25) is 0 Å². The molecule has 26 heavy (non-hydrogen) atoms. The summed E-state index contributed by atoms with van der Waals surface area (Å²) in [5.74, 6) is -0.172. The monoisotopic (exact) mass is 359 g/mol. The number of likely N-dealkylation sites (tertiary alicyclic amines) is 1. The number of halogens is 1. The average Bonchev–Trinajstić information content (AvgIpc) is 3.03. The van der Waals surface area contributed by atoms with Crippen LogP contribution < -0.4 is 4.74 Å². The van der Waals surface area contributed by atoms with Gasteiger partial charge in [-0.25, -0.2) is 4.39 Å². The molecule has 1 aliphatic heterocycles. The Kier molecular flexibility index (Phi) is 5.54. The summed E-state index contributed by atoms with van der Waals surface area (Å²) in [4.78, 5) is 14.3. The smallest absolute Gasteiger partial charge is 0.253 e. The summed E-state index contributed by atoms with van der Waals surface area (Å²) in [5.41, 5.74) is 0.337. The average molecular weight is 359 g/mol. The van der Waals surface area contributed by atoms with E-state index in [1.807, 2.05) is 12.1 Å². The van der Waals surface area contributed by atoms with Crippen LogP contribution in [0.4, 0.5) is 4.39 Å². The molecule has 0 aromatic heterocycles. The lowest BCUT2D eigenvalue weighted by Gasteiger charge is -2.23. The van der Waals surface area contributed by atoms with E-state index >= 15 is 0 Å². The first-order valence-corrected chi connectivity index (χ1v) is 8.47. The third-order valence-corrected chi connectivity index (χ3v) is 4.41. The molecule has 0 saturated carbocycles. The van der Waals surface area contributed by atoms with Crippen molar-refractivity contribution >= 4 is 5.91 Å². The van der Waals surface area contributed by atoms with Crippen molar-refractivity contribution in [3.8, 4) is 5.75 Å². The van der Waals surface area contributed by atoms with E-state index in [0.717, 1.165) is 5.56 Å². The number of nitrogens with zero attached hydrogens (tertiary/aromatic N) is 1. The van der Waals surface area contributed by atoms with E-state index in [-0.39, 0.29) is 19.1 Å². The first-order chi connectivity index (χ1) is 12.5. The standard InChI is InChI=1S/C20H22FNO4/c1-25-12-15-4-2-5-16(10-15)19(23)22-9-8-20(24,13-22)14-26-18-7-3-6-17(21)11-18/h2-7,10-11,24H,8-9,12-14H2,1H3/t20-/m1/s1. The van der Waals surface area contributed by atoms with Crippen molar-refractivity contribution < 1.29 is 23.8 Å². The maximum absolute atomic E-state index is 13.2. The van der Waals surface area contributed by atoms with Crippen molar-refractivity contribution in [2.75, 3.05) is 26.8 Å². The molecule has 1 saturated heterocycles. The highest BCUT2D eigenvalue weighted by molar-refractivity contribution is 5.94. The lowest BCUT2D eigenvalue weighted by atomic mass is 10.1. The second-order valence-corrected chi connectivity index (χ2v) is 6.58. The van der Waals surface area contributed by atoms with Gasteiger partial charge in [-0.05, 0) is 36.2 Å². The van der Waals surface area contributed by atoms with Crippen LogP contribution in [0.25, 0.3) is 0 Å². The van der Waals surface area contributed by atoms with Gasteiger partial charge in [0.2, 0.25) is 0 Å². The number of aliphatic hydroxyl groups is 1. The molecule has 1 fully saturated rings. The number of hydrogen-bond acceptors (Lipinski definition) is 4. The second kappa shape index (κ2) is 7.85. The zero-order valence-corrected chi connectivity index (χ0v) is 14.7. The Balaban J connectivity index is 1.61. The molecule has 0 unspecified atom stereocenters. The van der Waals surface area contributed by atoms with Gasteiger partial charge in [0.05, 0.1) is 13.2 Å². The van der Waals surface area contributed by atoms with Gasteiger partial charge in [0, 0.05) is 25.3 Å². The number of ether oxygens (including phenoxy) is 2. The largest absolute Gasteiger partial charge is 0.490 e. The topological polar surface area (TPSA) is 59.0 Å². The SMILES string of the molecule is COCc1cccc(C(=O)N2CC[C@](O)(COc3cccc(F)c3)C2)c1. The summed E-state index contributed by atoms with van der Waals surface area (Å²) >= 11 is 0. The second-order valence-electron chi connectivity index (χ2n) is 6.58. The van der Waals surface area contributed by atoms with E-state index in [2.05, 4.69) is 0 Å². The van der Waals surface area contributed by atoms with Gasteiger partial charge in [-0.3, -0.25) is 4.79 Å². The number of methoxy groups -OCH3 is 1. The molecule has 0 spiro atoms. The molecule has 1 N–H and O–H groups in total. The van der Waals surface area contributed by atoms with E-state index in [0.29, 0.717) is 30.9 Å². The summed E-state index contributed by atoms with van der Waals surface area (Å²) in [6, 6.07) is 13.0. The molecule has 2 aromatic rings. The van der Waals surface area contributed by atoms with E-state index in [1.165, 1.54) is 12.1 Å². The van der Waals surface area contributed by atoms with E-state index in [9.17, 15) is 14.3 Å². The van der Waals surface area contributed by atoms with E-state index < -0.39 is 11.4 Å².